The van der Waals surface area contributed by atoms with Gasteiger partial charge < -0.3 is 9.15 Å². The number of carbonyl (C=O) groups excluding carboxylic acids is 1. The Morgan fingerprint density at radius 1 is 1.33 bits per heavy atom. The number of nitrogens with zero attached hydrogens (tertiary/aromatic N) is 1. The summed E-state index contributed by atoms with van der Waals surface area (Å²) < 4.78 is 10.4. The summed E-state index contributed by atoms with van der Waals surface area (Å²) in [7, 11) is 0. The molecule has 106 valence electrons. The predicted octanol–water partition coefficient (Wildman–Crippen LogP) is 4.07. The van der Waals surface area contributed by atoms with Gasteiger partial charge in [-0.05, 0) is 43.3 Å². The number of ether oxygens (including phenoxy) is 1. The molecule has 0 aliphatic carbocycles. The lowest BCUT2D eigenvalue weighted by molar-refractivity contribution is -0.137. The largest absolute Gasteiger partial charge is 0.462 e. The summed E-state index contributed by atoms with van der Waals surface area (Å²) in [6, 6.07) is 12.4. The molecule has 0 N–H and O–H groups in total. The molecule has 4 nitrogen and oxygen atoms in total. The minimum absolute atomic E-state index is 0.103. The molecule has 0 amide bonds. The second-order valence-electron chi connectivity index (χ2n) is 4.10. The van der Waals surface area contributed by atoms with E-state index in [0.717, 1.165) is 5.56 Å². The Morgan fingerprint density at radius 2 is 2.05 bits per heavy atom. The molecule has 2 rings (SSSR count). The van der Waals surface area contributed by atoms with Gasteiger partial charge in [-0.1, -0.05) is 11.6 Å². The zero-order valence-corrected chi connectivity index (χ0v) is 12.1. The third-order valence-corrected chi connectivity index (χ3v) is 2.91. The van der Waals surface area contributed by atoms with E-state index in [9.17, 15) is 4.79 Å². The molecule has 1 heterocycles. The Labute approximate surface area is 127 Å². The molecule has 0 aliphatic heterocycles. The third kappa shape index (κ3) is 3.74. The number of esters is 1. The molecule has 0 atom stereocenters. The number of rotatable bonds is 4. The Bertz CT molecular complexity index is 708. The topological polar surface area (TPSA) is 63.2 Å². The number of hydrogen-bond donors (Lipinski definition) is 0. The summed E-state index contributed by atoms with van der Waals surface area (Å²) in [5.74, 6) is 0.369. The number of nitriles is 1. The van der Waals surface area contributed by atoms with Gasteiger partial charge in [0.25, 0.3) is 0 Å². The summed E-state index contributed by atoms with van der Waals surface area (Å²) in [6.45, 7) is 1.89. The highest BCUT2D eigenvalue weighted by atomic mass is 35.5. The molecule has 2 aromatic rings. The highest BCUT2D eigenvalue weighted by Gasteiger charge is 2.11. The Morgan fingerprint density at radius 3 is 2.67 bits per heavy atom. The van der Waals surface area contributed by atoms with Gasteiger partial charge in [0.1, 0.15) is 23.2 Å². The van der Waals surface area contributed by atoms with Crippen LogP contribution in [0.2, 0.25) is 5.02 Å². The quantitative estimate of drug-likeness (QED) is 0.485. The maximum absolute atomic E-state index is 11.5. The first-order valence-electron chi connectivity index (χ1n) is 6.28. The minimum Gasteiger partial charge on any atom is -0.462 e. The average Bonchev–Trinajstić information content (AvgIpc) is 2.94. The Hall–Kier alpha value is -2.51. The molecule has 0 radical (unpaired) electrons. The number of halogens is 1. The minimum atomic E-state index is -0.663. The van der Waals surface area contributed by atoms with Crippen molar-refractivity contribution >= 4 is 23.6 Å². The predicted molar refractivity (Wildman–Crippen MR) is 79.4 cm³/mol. The molecule has 21 heavy (non-hydrogen) atoms. The highest BCUT2D eigenvalue weighted by molar-refractivity contribution is 6.30. The van der Waals surface area contributed by atoms with Crippen LogP contribution in [0.3, 0.4) is 0 Å². The summed E-state index contributed by atoms with van der Waals surface area (Å²) in [5, 5.41) is 9.60. The smallest absolute Gasteiger partial charge is 0.349 e. The Balaban J connectivity index is 2.25. The van der Waals surface area contributed by atoms with Gasteiger partial charge in [-0.3, -0.25) is 0 Å². The molecule has 0 fully saturated rings. The summed E-state index contributed by atoms with van der Waals surface area (Å²) in [6.07, 6.45) is 1.36. The van der Waals surface area contributed by atoms with Crippen molar-refractivity contribution in [1.29, 1.82) is 5.26 Å². The SMILES string of the molecule is CCOC(=O)/C(C#N)=C\c1ccc(-c2ccc(Cl)cc2)o1. The monoisotopic (exact) mass is 301 g/mol. The van der Waals surface area contributed by atoms with Crippen LogP contribution in [0.15, 0.2) is 46.4 Å². The van der Waals surface area contributed by atoms with Crippen LogP contribution < -0.4 is 0 Å². The van der Waals surface area contributed by atoms with Gasteiger partial charge in [0, 0.05) is 16.7 Å². The standard InChI is InChI=1S/C16H12ClNO3/c1-2-20-16(19)12(10-18)9-14-7-8-15(21-14)11-3-5-13(17)6-4-11/h3-9H,2H2,1H3/b12-9-. The first kappa shape index (κ1) is 14.9. The lowest BCUT2D eigenvalue weighted by Gasteiger charge is -1.98. The normalized spacial score (nSPS) is 11.0. The van der Waals surface area contributed by atoms with Crippen LogP contribution in [-0.4, -0.2) is 12.6 Å². The lowest BCUT2D eigenvalue weighted by Crippen LogP contribution is -2.05. The van der Waals surface area contributed by atoms with E-state index in [-0.39, 0.29) is 12.2 Å². The van der Waals surface area contributed by atoms with Crippen molar-refractivity contribution in [3.8, 4) is 17.4 Å². The maximum atomic E-state index is 11.5. The summed E-state index contributed by atoms with van der Waals surface area (Å²) in [5.41, 5.74) is 0.752. The van der Waals surface area contributed by atoms with Crippen LogP contribution in [0.4, 0.5) is 0 Å². The van der Waals surface area contributed by atoms with Gasteiger partial charge in [-0.25, -0.2) is 4.79 Å². The van der Waals surface area contributed by atoms with E-state index in [1.165, 1.54) is 6.08 Å². The van der Waals surface area contributed by atoms with Crippen LogP contribution in [-0.2, 0) is 9.53 Å². The van der Waals surface area contributed by atoms with E-state index in [1.807, 2.05) is 12.1 Å². The van der Waals surface area contributed by atoms with Gasteiger partial charge in [0.15, 0.2) is 0 Å². The molecule has 5 heteroatoms. The Kier molecular flexibility index (Phi) is 4.81. The van der Waals surface area contributed by atoms with Crippen molar-refractivity contribution < 1.29 is 13.9 Å². The van der Waals surface area contributed by atoms with E-state index >= 15 is 0 Å². The number of carbonyl (C=O) groups is 1. The van der Waals surface area contributed by atoms with Crippen molar-refractivity contribution in [2.75, 3.05) is 6.61 Å². The number of benzene rings is 1. The maximum Gasteiger partial charge on any atom is 0.349 e. The molecular weight excluding hydrogens is 290 g/mol. The number of furan rings is 1. The van der Waals surface area contributed by atoms with Crippen molar-refractivity contribution in [2.45, 2.75) is 6.92 Å². The molecule has 0 aliphatic rings. The van der Waals surface area contributed by atoms with Gasteiger partial charge in [0.2, 0.25) is 0 Å². The first-order chi connectivity index (χ1) is 10.1. The van der Waals surface area contributed by atoms with Crippen LogP contribution in [0.1, 0.15) is 12.7 Å². The molecule has 0 bridgehead atoms. The van der Waals surface area contributed by atoms with E-state index in [0.29, 0.717) is 16.5 Å². The molecule has 1 aromatic heterocycles. The van der Waals surface area contributed by atoms with Crippen molar-refractivity contribution in [2.24, 2.45) is 0 Å². The van der Waals surface area contributed by atoms with Gasteiger partial charge in [-0.2, -0.15) is 5.26 Å². The highest BCUT2D eigenvalue weighted by Crippen LogP contribution is 2.24. The van der Waals surface area contributed by atoms with Crippen LogP contribution in [0, 0.1) is 11.3 Å². The fraction of sp³-hybridized carbons (Fsp3) is 0.125. The van der Waals surface area contributed by atoms with Gasteiger partial charge >= 0.3 is 5.97 Å². The molecule has 0 unspecified atom stereocenters. The molecule has 1 aromatic carbocycles. The van der Waals surface area contributed by atoms with Crippen molar-refractivity contribution in [3.63, 3.8) is 0 Å². The molecule has 0 saturated carbocycles. The second kappa shape index (κ2) is 6.78. The van der Waals surface area contributed by atoms with Crippen LogP contribution in [0.25, 0.3) is 17.4 Å². The lowest BCUT2D eigenvalue weighted by atomic mass is 10.2. The van der Waals surface area contributed by atoms with E-state index in [1.54, 1.807) is 37.3 Å². The zero-order chi connectivity index (χ0) is 15.2. The van der Waals surface area contributed by atoms with E-state index in [2.05, 4.69) is 0 Å². The summed E-state index contributed by atoms with van der Waals surface area (Å²) >= 11 is 5.83. The first-order valence-corrected chi connectivity index (χ1v) is 6.66. The summed E-state index contributed by atoms with van der Waals surface area (Å²) in [4.78, 5) is 11.5. The average molecular weight is 302 g/mol. The van der Waals surface area contributed by atoms with Crippen LogP contribution in [0.5, 0.6) is 0 Å². The second-order valence-corrected chi connectivity index (χ2v) is 4.54. The van der Waals surface area contributed by atoms with Gasteiger partial charge in [-0.15, -0.1) is 0 Å². The zero-order valence-electron chi connectivity index (χ0n) is 11.3. The van der Waals surface area contributed by atoms with Gasteiger partial charge in [0.05, 0.1) is 6.61 Å². The van der Waals surface area contributed by atoms with Crippen molar-refractivity contribution in [3.05, 3.63) is 52.8 Å². The third-order valence-electron chi connectivity index (χ3n) is 2.66. The fourth-order valence-corrected chi connectivity index (χ4v) is 1.81. The van der Waals surface area contributed by atoms with E-state index in [4.69, 9.17) is 26.0 Å². The molecule has 0 spiro atoms. The number of hydrogen-bond acceptors (Lipinski definition) is 4. The van der Waals surface area contributed by atoms with E-state index < -0.39 is 5.97 Å². The van der Waals surface area contributed by atoms with Crippen LogP contribution >= 0.6 is 11.6 Å². The fourth-order valence-electron chi connectivity index (χ4n) is 1.69. The molecule has 0 saturated heterocycles. The van der Waals surface area contributed by atoms with Crippen molar-refractivity contribution in [1.82, 2.24) is 0 Å². The molecular formula is C16H12ClNO3.